The number of para-hydroxylation sites is 1. The fraction of sp³-hybridized carbons (Fsp3) is 0.200. The minimum atomic E-state index is -3.11. The van der Waals surface area contributed by atoms with Crippen molar-refractivity contribution in [2.24, 2.45) is 0 Å². The van der Waals surface area contributed by atoms with Crippen LogP contribution in [-0.2, 0) is 4.79 Å². The highest BCUT2D eigenvalue weighted by Gasteiger charge is 2.18. The summed E-state index contributed by atoms with van der Waals surface area (Å²) in [5, 5.41) is 12.4. The summed E-state index contributed by atoms with van der Waals surface area (Å²) < 4.78 is 40.2. The van der Waals surface area contributed by atoms with E-state index in [9.17, 15) is 18.8 Å². The average Bonchev–Trinajstić information content (AvgIpc) is 2.69. The summed E-state index contributed by atoms with van der Waals surface area (Å²) >= 11 is 6.04. The van der Waals surface area contributed by atoms with Crippen LogP contribution in [-0.4, -0.2) is 26.7 Å². The molecule has 0 aliphatic rings. The van der Waals surface area contributed by atoms with Gasteiger partial charge in [-0.15, -0.1) is 0 Å². The van der Waals surface area contributed by atoms with Gasteiger partial charge in [-0.05, 0) is 30.7 Å². The van der Waals surface area contributed by atoms with Gasteiger partial charge in [-0.1, -0.05) is 23.7 Å². The molecule has 0 spiro atoms. The third kappa shape index (κ3) is 5.36. The zero-order valence-corrected chi connectivity index (χ0v) is 16.5. The normalized spacial score (nSPS) is 11.0. The van der Waals surface area contributed by atoms with Gasteiger partial charge in [-0.3, -0.25) is 4.79 Å². The predicted octanol–water partition coefficient (Wildman–Crippen LogP) is 4.81. The highest BCUT2D eigenvalue weighted by atomic mass is 35.5. The molecule has 9 heteroatoms. The molecule has 29 heavy (non-hydrogen) atoms. The molecule has 1 amide bonds. The number of hydrogen-bond donors (Lipinski definition) is 1. The van der Waals surface area contributed by atoms with E-state index in [2.05, 4.69) is 10.1 Å². The van der Waals surface area contributed by atoms with Crippen LogP contribution in [0.4, 0.5) is 14.5 Å². The third-order valence-electron chi connectivity index (χ3n) is 3.83. The molecule has 0 aliphatic carbocycles. The molecular formula is C20H17ClF2N2O4. The van der Waals surface area contributed by atoms with Crippen LogP contribution < -0.4 is 19.5 Å². The highest BCUT2D eigenvalue weighted by Crippen LogP contribution is 2.34. The van der Waals surface area contributed by atoms with Crippen LogP contribution in [0.5, 0.6) is 17.2 Å². The number of nitrogens with one attached hydrogen (secondary N) is 1. The molecule has 0 heterocycles. The topological polar surface area (TPSA) is 80.6 Å². The van der Waals surface area contributed by atoms with Crippen LogP contribution in [0.2, 0.25) is 5.02 Å². The quantitative estimate of drug-likeness (QED) is 0.511. The third-order valence-corrected chi connectivity index (χ3v) is 4.24. The number of benzene rings is 2. The van der Waals surface area contributed by atoms with Crippen LogP contribution in [0, 0.1) is 18.3 Å². The van der Waals surface area contributed by atoms with Crippen molar-refractivity contribution in [2.75, 3.05) is 19.5 Å². The lowest BCUT2D eigenvalue weighted by atomic mass is 10.1. The Morgan fingerprint density at radius 3 is 2.52 bits per heavy atom. The number of methoxy groups -OCH3 is 2. The Balaban J connectivity index is 2.42. The molecule has 2 rings (SSSR count). The predicted molar refractivity (Wildman–Crippen MR) is 105 cm³/mol. The second-order valence-electron chi connectivity index (χ2n) is 5.68. The number of anilines is 1. The van der Waals surface area contributed by atoms with E-state index in [0.717, 1.165) is 6.08 Å². The van der Waals surface area contributed by atoms with Crippen molar-refractivity contribution in [2.45, 2.75) is 13.5 Å². The Bertz CT molecular complexity index is 987. The summed E-state index contributed by atoms with van der Waals surface area (Å²) in [6.07, 6.45) is 1.13. The Kier molecular flexibility index (Phi) is 7.39. The first kappa shape index (κ1) is 22.0. The lowest BCUT2D eigenvalue weighted by molar-refractivity contribution is -0.112. The van der Waals surface area contributed by atoms with Gasteiger partial charge in [0, 0.05) is 16.7 Å². The lowest BCUT2D eigenvalue weighted by Gasteiger charge is -2.13. The van der Waals surface area contributed by atoms with Gasteiger partial charge in [0.25, 0.3) is 5.91 Å². The van der Waals surface area contributed by atoms with Crippen molar-refractivity contribution < 1.29 is 27.8 Å². The van der Waals surface area contributed by atoms with Crippen molar-refractivity contribution in [3.8, 4) is 23.3 Å². The molecule has 2 aromatic rings. The number of ether oxygens (including phenoxy) is 3. The fourth-order valence-corrected chi connectivity index (χ4v) is 2.60. The van der Waals surface area contributed by atoms with Gasteiger partial charge < -0.3 is 19.5 Å². The molecule has 1 N–H and O–H groups in total. The SMILES string of the molecule is COc1cc(Cl)c(C)cc1NC(=O)/C(C#N)=C/c1cccc(OC)c1OC(F)F. The van der Waals surface area contributed by atoms with Crippen LogP contribution in [0.3, 0.4) is 0 Å². The van der Waals surface area contributed by atoms with Crippen LogP contribution >= 0.6 is 11.6 Å². The van der Waals surface area contributed by atoms with E-state index in [1.165, 1.54) is 38.5 Å². The summed E-state index contributed by atoms with van der Waals surface area (Å²) in [5.74, 6) is -0.718. The molecule has 152 valence electrons. The van der Waals surface area contributed by atoms with Crippen molar-refractivity contribution >= 4 is 29.3 Å². The van der Waals surface area contributed by atoms with E-state index in [-0.39, 0.29) is 22.6 Å². The number of alkyl halides is 2. The van der Waals surface area contributed by atoms with E-state index in [0.29, 0.717) is 22.0 Å². The van der Waals surface area contributed by atoms with Crippen molar-refractivity contribution in [3.63, 3.8) is 0 Å². The number of nitriles is 1. The Morgan fingerprint density at radius 1 is 1.24 bits per heavy atom. The monoisotopic (exact) mass is 422 g/mol. The van der Waals surface area contributed by atoms with Crippen molar-refractivity contribution in [1.29, 1.82) is 5.26 Å². The van der Waals surface area contributed by atoms with Crippen LogP contribution in [0.25, 0.3) is 6.08 Å². The van der Waals surface area contributed by atoms with E-state index in [4.69, 9.17) is 21.1 Å². The first-order chi connectivity index (χ1) is 13.8. The summed E-state index contributed by atoms with van der Waals surface area (Å²) in [5.41, 5.74) is 0.726. The molecule has 0 saturated carbocycles. The smallest absolute Gasteiger partial charge is 0.387 e. The maximum Gasteiger partial charge on any atom is 0.387 e. The molecule has 0 aliphatic heterocycles. The van der Waals surface area contributed by atoms with Gasteiger partial charge in [0.15, 0.2) is 11.5 Å². The second-order valence-corrected chi connectivity index (χ2v) is 6.09. The number of nitrogens with zero attached hydrogens (tertiary/aromatic N) is 1. The molecule has 0 aromatic heterocycles. The number of carbonyl (C=O) groups excluding carboxylic acids is 1. The number of halogens is 3. The number of aryl methyl sites for hydroxylation is 1. The van der Waals surface area contributed by atoms with Gasteiger partial charge in [-0.2, -0.15) is 14.0 Å². The summed E-state index contributed by atoms with van der Waals surface area (Å²) in [7, 11) is 2.69. The van der Waals surface area contributed by atoms with Crippen molar-refractivity contribution in [3.05, 3.63) is 52.1 Å². The fourth-order valence-electron chi connectivity index (χ4n) is 2.45. The molecule has 0 unspecified atom stereocenters. The standard InChI is InChI=1S/C20H17ClF2N2O4/c1-11-7-15(17(28-3)9-14(11)21)25-19(26)13(10-24)8-12-5-4-6-16(27-2)18(12)29-20(22)23/h4-9,20H,1-3H3,(H,25,26)/b13-8+. The molecule has 0 saturated heterocycles. The van der Waals surface area contributed by atoms with Gasteiger partial charge in [-0.25, -0.2) is 0 Å². The lowest BCUT2D eigenvalue weighted by Crippen LogP contribution is -2.14. The largest absolute Gasteiger partial charge is 0.495 e. The van der Waals surface area contributed by atoms with Crippen LogP contribution in [0.15, 0.2) is 35.9 Å². The van der Waals surface area contributed by atoms with Gasteiger partial charge >= 0.3 is 6.61 Å². The number of rotatable bonds is 7. The molecule has 6 nitrogen and oxygen atoms in total. The van der Waals surface area contributed by atoms with E-state index >= 15 is 0 Å². The molecule has 0 fully saturated rings. The van der Waals surface area contributed by atoms with E-state index in [1.54, 1.807) is 19.1 Å². The number of amides is 1. The molecular weight excluding hydrogens is 406 g/mol. The van der Waals surface area contributed by atoms with Gasteiger partial charge in [0.2, 0.25) is 0 Å². The Hall–Kier alpha value is -3.31. The second kappa shape index (κ2) is 9.75. The molecule has 0 radical (unpaired) electrons. The minimum absolute atomic E-state index is 0.0340. The maximum atomic E-state index is 12.8. The molecule has 0 bridgehead atoms. The Morgan fingerprint density at radius 2 is 1.93 bits per heavy atom. The first-order valence-electron chi connectivity index (χ1n) is 8.19. The minimum Gasteiger partial charge on any atom is -0.495 e. The van der Waals surface area contributed by atoms with Gasteiger partial charge in [0.05, 0.1) is 19.9 Å². The number of carbonyl (C=O) groups is 1. The van der Waals surface area contributed by atoms with Gasteiger partial charge in [0.1, 0.15) is 17.4 Å². The molecule has 0 atom stereocenters. The van der Waals surface area contributed by atoms with Crippen molar-refractivity contribution in [1.82, 2.24) is 0 Å². The zero-order chi connectivity index (χ0) is 21.6. The first-order valence-corrected chi connectivity index (χ1v) is 8.57. The zero-order valence-electron chi connectivity index (χ0n) is 15.8. The average molecular weight is 423 g/mol. The highest BCUT2D eigenvalue weighted by molar-refractivity contribution is 6.31. The summed E-state index contributed by atoms with van der Waals surface area (Å²) in [6.45, 7) is -1.37. The number of hydrogen-bond acceptors (Lipinski definition) is 5. The van der Waals surface area contributed by atoms with E-state index in [1.807, 2.05) is 0 Å². The maximum absolute atomic E-state index is 12.8. The van der Waals surface area contributed by atoms with E-state index < -0.39 is 12.5 Å². The Labute approximate surface area is 171 Å². The molecule has 2 aromatic carbocycles. The summed E-state index contributed by atoms with van der Waals surface area (Å²) in [6, 6.07) is 9.21. The summed E-state index contributed by atoms with van der Waals surface area (Å²) in [4.78, 5) is 12.6. The van der Waals surface area contributed by atoms with Crippen LogP contribution in [0.1, 0.15) is 11.1 Å².